The molecule has 0 radical (unpaired) electrons. The molecule has 1 N–H and O–H groups in total. The molecule has 2 aliphatic rings. The van der Waals surface area contributed by atoms with Crippen LogP contribution < -0.4 is 10.1 Å². The lowest BCUT2D eigenvalue weighted by Gasteiger charge is -2.48. The molecule has 0 aromatic heterocycles. The van der Waals surface area contributed by atoms with Gasteiger partial charge in [-0.3, -0.25) is 0 Å². The molecule has 1 aromatic carbocycles. The first kappa shape index (κ1) is 11.5. The highest BCUT2D eigenvalue weighted by Crippen LogP contribution is 2.49. The van der Waals surface area contributed by atoms with Crippen LogP contribution in [-0.4, -0.2) is 12.1 Å². The van der Waals surface area contributed by atoms with E-state index in [0.717, 1.165) is 23.2 Å². The van der Waals surface area contributed by atoms with Gasteiger partial charge in [0.25, 0.3) is 0 Å². The van der Waals surface area contributed by atoms with Gasteiger partial charge in [-0.2, -0.15) is 0 Å². The molecule has 3 rings (SSSR count). The fourth-order valence-electron chi connectivity index (χ4n) is 2.95. The Morgan fingerprint density at radius 2 is 2.29 bits per heavy atom. The number of ether oxygens (including phenoxy) is 1. The molecule has 2 nitrogen and oxygen atoms in total. The Morgan fingerprint density at radius 3 is 2.94 bits per heavy atom. The van der Waals surface area contributed by atoms with Crippen molar-refractivity contribution >= 4 is 15.9 Å². The fraction of sp³-hybridized carbons (Fsp3) is 0.571. The molecule has 3 heteroatoms. The van der Waals surface area contributed by atoms with E-state index < -0.39 is 0 Å². The monoisotopic (exact) mass is 295 g/mol. The summed E-state index contributed by atoms with van der Waals surface area (Å²) in [5, 5.41) is 3.59. The molecule has 1 spiro atoms. The molecule has 1 unspecified atom stereocenters. The minimum Gasteiger partial charge on any atom is -0.487 e. The van der Waals surface area contributed by atoms with E-state index in [1.807, 2.05) is 0 Å². The molecule has 0 bridgehead atoms. The SMILES string of the molecule is CCNC1CC2(CCC2)Oc2cc(Br)ccc21. The maximum absolute atomic E-state index is 6.24. The first-order valence-corrected chi connectivity index (χ1v) is 7.24. The second kappa shape index (κ2) is 4.29. The van der Waals surface area contributed by atoms with Crippen molar-refractivity contribution in [1.29, 1.82) is 0 Å². The van der Waals surface area contributed by atoms with Crippen LogP contribution in [0.4, 0.5) is 0 Å². The van der Waals surface area contributed by atoms with Crippen molar-refractivity contribution in [3.05, 3.63) is 28.2 Å². The standard InChI is InChI=1S/C14H18BrNO/c1-2-16-12-9-14(6-3-7-14)17-13-8-10(15)4-5-11(12)13/h4-5,8,12,16H,2-3,6-7,9H2,1H3. The van der Waals surface area contributed by atoms with Crippen LogP contribution in [0, 0.1) is 0 Å². The molecule has 1 atom stereocenters. The molecule has 1 heterocycles. The van der Waals surface area contributed by atoms with Crippen LogP contribution in [0.5, 0.6) is 5.75 Å². The maximum atomic E-state index is 6.24. The summed E-state index contributed by atoms with van der Waals surface area (Å²) in [7, 11) is 0. The molecule has 17 heavy (non-hydrogen) atoms. The van der Waals surface area contributed by atoms with E-state index in [1.165, 1.54) is 24.8 Å². The highest BCUT2D eigenvalue weighted by molar-refractivity contribution is 9.10. The largest absolute Gasteiger partial charge is 0.487 e. The molecule has 1 saturated carbocycles. The van der Waals surface area contributed by atoms with Crippen molar-refractivity contribution in [2.75, 3.05) is 6.54 Å². The van der Waals surface area contributed by atoms with Crippen molar-refractivity contribution in [1.82, 2.24) is 5.32 Å². The summed E-state index contributed by atoms with van der Waals surface area (Å²) in [6.45, 7) is 3.18. The van der Waals surface area contributed by atoms with Gasteiger partial charge in [0.15, 0.2) is 0 Å². The van der Waals surface area contributed by atoms with Crippen molar-refractivity contribution in [2.45, 2.75) is 44.2 Å². The van der Waals surface area contributed by atoms with Crippen molar-refractivity contribution < 1.29 is 4.74 Å². The molecule has 1 aliphatic heterocycles. The van der Waals surface area contributed by atoms with E-state index in [0.29, 0.717) is 6.04 Å². The number of hydrogen-bond acceptors (Lipinski definition) is 2. The van der Waals surface area contributed by atoms with Crippen LogP contribution in [0.3, 0.4) is 0 Å². The third-order valence-electron chi connectivity index (χ3n) is 3.97. The van der Waals surface area contributed by atoms with Crippen LogP contribution in [0.25, 0.3) is 0 Å². The van der Waals surface area contributed by atoms with Gasteiger partial charge in [-0.05, 0) is 37.9 Å². The van der Waals surface area contributed by atoms with Crippen molar-refractivity contribution in [3.8, 4) is 5.75 Å². The van der Waals surface area contributed by atoms with Gasteiger partial charge in [0.1, 0.15) is 11.4 Å². The van der Waals surface area contributed by atoms with Gasteiger partial charge in [0, 0.05) is 22.5 Å². The van der Waals surface area contributed by atoms with Gasteiger partial charge in [-0.15, -0.1) is 0 Å². The van der Waals surface area contributed by atoms with Crippen LogP contribution >= 0.6 is 15.9 Å². The molecular weight excluding hydrogens is 278 g/mol. The summed E-state index contributed by atoms with van der Waals surface area (Å²) in [6.07, 6.45) is 4.85. The summed E-state index contributed by atoms with van der Waals surface area (Å²) in [4.78, 5) is 0. The smallest absolute Gasteiger partial charge is 0.126 e. The summed E-state index contributed by atoms with van der Waals surface area (Å²) in [5.41, 5.74) is 1.44. The Balaban J connectivity index is 1.96. The fourth-order valence-corrected chi connectivity index (χ4v) is 3.29. The average Bonchev–Trinajstić information content (AvgIpc) is 2.26. The van der Waals surface area contributed by atoms with E-state index in [-0.39, 0.29) is 5.60 Å². The van der Waals surface area contributed by atoms with Crippen LogP contribution in [0.1, 0.15) is 44.2 Å². The number of hydrogen-bond donors (Lipinski definition) is 1. The average molecular weight is 296 g/mol. The Bertz CT molecular complexity index is 428. The topological polar surface area (TPSA) is 21.3 Å². The second-order valence-electron chi connectivity index (χ2n) is 5.14. The number of halogens is 1. The molecule has 1 aliphatic carbocycles. The first-order valence-electron chi connectivity index (χ1n) is 6.44. The minimum atomic E-state index is 0.126. The van der Waals surface area contributed by atoms with E-state index >= 15 is 0 Å². The molecule has 0 amide bonds. The summed E-state index contributed by atoms with van der Waals surface area (Å²) in [5.74, 6) is 1.07. The highest BCUT2D eigenvalue weighted by Gasteiger charge is 2.45. The van der Waals surface area contributed by atoms with Gasteiger partial charge < -0.3 is 10.1 Å². The first-order chi connectivity index (χ1) is 8.22. The lowest BCUT2D eigenvalue weighted by Crippen LogP contribution is -2.49. The summed E-state index contributed by atoms with van der Waals surface area (Å²) in [6, 6.07) is 6.85. The van der Waals surface area contributed by atoms with Gasteiger partial charge in [0.05, 0.1) is 0 Å². The van der Waals surface area contributed by atoms with E-state index in [1.54, 1.807) is 0 Å². The third-order valence-corrected chi connectivity index (χ3v) is 4.46. The number of rotatable bonds is 2. The predicted octanol–water partition coefficient (Wildman–Crippen LogP) is 3.80. The van der Waals surface area contributed by atoms with Gasteiger partial charge in [-0.25, -0.2) is 0 Å². The number of benzene rings is 1. The Morgan fingerprint density at radius 1 is 1.47 bits per heavy atom. The molecule has 1 fully saturated rings. The Labute approximate surface area is 111 Å². The summed E-state index contributed by atoms with van der Waals surface area (Å²) >= 11 is 3.53. The van der Waals surface area contributed by atoms with Crippen LogP contribution in [0.15, 0.2) is 22.7 Å². The Kier molecular flexibility index (Phi) is 2.91. The van der Waals surface area contributed by atoms with Crippen molar-refractivity contribution in [2.24, 2.45) is 0 Å². The maximum Gasteiger partial charge on any atom is 0.126 e. The van der Waals surface area contributed by atoms with Gasteiger partial charge in [0.2, 0.25) is 0 Å². The minimum absolute atomic E-state index is 0.126. The van der Waals surface area contributed by atoms with Gasteiger partial charge in [-0.1, -0.05) is 28.9 Å². The Hall–Kier alpha value is -0.540. The zero-order valence-electron chi connectivity index (χ0n) is 10.1. The number of fused-ring (bicyclic) bond motifs is 1. The van der Waals surface area contributed by atoms with Crippen LogP contribution in [-0.2, 0) is 0 Å². The molecular formula is C14H18BrNO. The van der Waals surface area contributed by atoms with E-state index in [4.69, 9.17) is 4.74 Å². The quantitative estimate of drug-likeness (QED) is 0.896. The zero-order valence-corrected chi connectivity index (χ0v) is 11.7. The number of nitrogens with one attached hydrogen (secondary N) is 1. The summed E-state index contributed by atoms with van der Waals surface area (Å²) < 4.78 is 7.34. The van der Waals surface area contributed by atoms with Crippen molar-refractivity contribution in [3.63, 3.8) is 0 Å². The van der Waals surface area contributed by atoms with E-state index in [9.17, 15) is 0 Å². The van der Waals surface area contributed by atoms with Crippen LogP contribution in [0.2, 0.25) is 0 Å². The van der Waals surface area contributed by atoms with Gasteiger partial charge >= 0.3 is 0 Å². The molecule has 1 aromatic rings. The predicted molar refractivity (Wildman–Crippen MR) is 72.4 cm³/mol. The lowest BCUT2D eigenvalue weighted by molar-refractivity contribution is -0.0367. The van der Waals surface area contributed by atoms with E-state index in [2.05, 4.69) is 46.4 Å². The lowest BCUT2D eigenvalue weighted by atomic mass is 9.73. The molecule has 0 saturated heterocycles. The molecule has 92 valence electrons. The third kappa shape index (κ3) is 2.00. The zero-order chi connectivity index (χ0) is 11.9. The normalized spacial score (nSPS) is 24.9. The highest BCUT2D eigenvalue weighted by atomic mass is 79.9. The second-order valence-corrected chi connectivity index (χ2v) is 6.05.